The Kier molecular flexibility index (Phi) is 11.0. The summed E-state index contributed by atoms with van der Waals surface area (Å²) in [5.74, 6) is 0.757. The molecular weight excluding hydrogens is 258 g/mol. The fraction of sp³-hybridized carbons (Fsp3) is 0.737. The maximum Gasteiger partial charge on any atom is 0.122 e. The summed E-state index contributed by atoms with van der Waals surface area (Å²) < 4.78 is 0. The Hall–Kier alpha value is -1.05. The zero-order valence-corrected chi connectivity index (χ0v) is 15.2. The van der Waals surface area contributed by atoms with Crippen molar-refractivity contribution in [3.63, 3.8) is 0 Å². The van der Waals surface area contributed by atoms with Gasteiger partial charge in [0, 0.05) is 0 Å². The van der Waals surface area contributed by atoms with Crippen molar-refractivity contribution in [3.8, 4) is 0 Å². The van der Waals surface area contributed by atoms with Crippen LogP contribution in [-0.2, 0) is 4.84 Å². The first-order chi connectivity index (χ1) is 9.81. The van der Waals surface area contributed by atoms with E-state index in [9.17, 15) is 0 Å². The zero-order chi connectivity index (χ0) is 16.3. The van der Waals surface area contributed by atoms with Crippen LogP contribution in [0.15, 0.2) is 28.5 Å². The van der Waals surface area contributed by atoms with Gasteiger partial charge in [0.2, 0.25) is 0 Å². The quantitative estimate of drug-likeness (QED) is 0.263. The second kappa shape index (κ2) is 11.6. The number of nitrogens with zero attached hydrogens (tertiary/aromatic N) is 1. The molecule has 0 aromatic rings. The third-order valence-electron chi connectivity index (χ3n) is 3.27. The lowest BCUT2D eigenvalue weighted by Gasteiger charge is -2.05. The largest absolute Gasteiger partial charge is 0.393 e. The summed E-state index contributed by atoms with van der Waals surface area (Å²) in [6.07, 6.45) is 10.5. The molecule has 0 heterocycles. The van der Waals surface area contributed by atoms with E-state index in [0.29, 0.717) is 0 Å². The highest BCUT2D eigenvalue weighted by Crippen LogP contribution is 2.12. The SMILES string of the molecule is C/C(=C\CC(C)C)CC/C=C(\C)CC/C(C)=N/OC(C)C. The third-order valence-corrected chi connectivity index (χ3v) is 3.27. The normalized spacial score (nSPS) is 14.2. The van der Waals surface area contributed by atoms with Crippen LogP contribution in [0, 0.1) is 5.92 Å². The molecule has 0 spiro atoms. The Morgan fingerprint density at radius 2 is 1.52 bits per heavy atom. The number of hydrogen-bond donors (Lipinski definition) is 0. The molecular formula is C19H35NO. The second-order valence-electron chi connectivity index (χ2n) is 6.75. The van der Waals surface area contributed by atoms with E-state index < -0.39 is 0 Å². The number of oxime groups is 1. The third kappa shape index (κ3) is 13.7. The van der Waals surface area contributed by atoms with E-state index >= 15 is 0 Å². The topological polar surface area (TPSA) is 21.6 Å². The molecule has 0 unspecified atom stereocenters. The van der Waals surface area contributed by atoms with Crippen molar-refractivity contribution in [2.75, 3.05) is 0 Å². The molecule has 0 amide bonds. The Morgan fingerprint density at radius 1 is 0.905 bits per heavy atom. The average Bonchev–Trinajstić information content (AvgIpc) is 2.40. The van der Waals surface area contributed by atoms with E-state index in [2.05, 4.69) is 45.0 Å². The number of rotatable bonds is 10. The van der Waals surface area contributed by atoms with Crippen molar-refractivity contribution in [2.45, 2.75) is 86.7 Å². The molecule has 122 valence electrons. The maximum atomic E-state index is 5.26. The van der Waals surface area contributed by atoms with Crippen LogP contribution in [0.25, 0.3) is 0 Å². The van der Waals surface area contributed by atoms with Crippen LogP contribution < -0.4 is 0 Å². The standard InChI is InChI=1S/C19H35NO/c1-15(2)11-12-17(5)9-8-10-18(6)13-14-19(7)20-21-16(3)4/h10,12,15-16H,8-9,11,13-14H2,1-7H3/b17-12+,18-10+,20-19+. The van der Waals surface area contributed by atoms with Gasteiger partial charge in [-0.25, -0.2) is 0 Å². The zero-order valence-electron chi connectivity index (χ0n) is 15.2. The van der Waals surface area contributed by atoms with Gasteiger partial charge in [-0.2, -0.15) is 0 Å². The number of hydrogen-bond acceptors (Lipinski definition) is 2. The second-order valence-corrected chi connectivity index (χ2v) is 6.75. The summed E-state index contributed by atoms with van der Waals surface area (Å²) >= 11 is 0. The first-order valence-electron chi connectivity index (χ1n) is 8.31. The lowest BCUT2D eigenvalue weighted by molar-refractivity contribution is 0.0853. The fourth-order valence-electron chi connectivity index (χ4n) is 1.81. The van der Waals surface area contributed by atoms with Gasteiger partial charge in [-0.3, -0.25) is 0 Å². The molecule has 0 fully saturated rings. The van der Waals surface area contributed by atoms with Crippen molar-refractivity contribution >= 4 is 5.71 Å². The van der Waals surface area contributed by atoms with Crippen LogP contribution in [0.2, 0.25) is 0 Å². The summed E-state index contributed by atoms with van der Waals surface area (Å²) in [5.41, 5.74) is 4.03. The fourth-order valence-corrected chi connectivity index (χ4v) is 1.81. The van der Waals surface area contributed by atoms with Gasteiger partial charge in [0.1, 0.15) is 6.10 Å². The van der Waals surface area contributed by atoms with E-state index in [-0.39, 0.29) is 6.10 Å². The van der Waals surface area contributed by atoms with Crippen LogP contribution in [0.5, 0.6) is 0 Å². The smallest absolute Gasteiger partial charge is 0.122 e. The van der Waals surface area contributed by atoms with Gasteiger partial charge in [0.05, 0.1) is 5.71 Å². The van der Waals surface area contributed by atoms with E-state index in [1.807, 2.05) is 20.8 Å². The molecule has 0 radical (unpaired) electrons. The lowest BCUT2D eigenvalue weighted by atomic mass is 10.0. The lowest BCUT2D eigenvalue weighted by Crippen LogP contribution is -2.00. The van der Waals surface area contributed by atoms with Gasteiger partial charge in [-0.15, -0.1) is 0 Å². The molecule has 0 aliphatic heterocycles. The highest BCUT2D eigenvalue weighted by molar-refractivity contribution is 5.81. The maximum absolute atomic E-state index is 5.26. The Morgan fingerprint density at radius 3 is 2.10 bits per heavy atom. The molecule has 2 heteroatoms. The molecule has 0 aliphatic rings. The summed E-state index contributed by atoms with van der Waals surface area (Å²) in [7, 11) is 0. The predicted octanol–water partition coefficient (Wildman–Crippen LogP) is 6.29. The Labute approximate surface area is 132 Å². The van der Waals surface area contributed by atoms with Gasteiger partial charge in [0.15, 0.2) is 0 Å². The highest BCUT2D eigenvalue weighted by Gasteiger charge is 1.97. The molecule has 2 nitrogen and oxygen atoms in total. The van der Waals surface area contributed by atoms with Crippen LogP contribution in [0.1, 0.15) is 80.6 Å². The van der Waals surface area contributed by atoms with Crippen LogP contribution >= 0.6 is 0 Å². The van der Waals surface area contributed by atoms with Crippen LogP contribution in [0.4, 0.5) is 0 Å². The minimum absolute atomic E-state index is 0.164. The van der Waals surface area contributed by atoms with Crippen molar-refractivity contribution in [1.82, 2.24) is 0 Å². The monoisotopic (exact) mass is 293 g/mol. The van der Waals surface area contributed by atoms with Gasteiger partial charge in [-0.1, -0.05) is 42.3 Å². The van der Waals surface area contributed by atoms with Gasteiger partial charge in [-0.05, 0) is 72.6 Å². The molecule has 0 aromatic heterocycles. The minimum atomic E-state index is 0.164. The molecule has 0 bridgehead atoms. The van der Waals surface area contributed by atoms with Crippen LogP contribution in [0.3, 0.4) is 0 Å². The molecule has 0 rings (SSSR count). The van der Waals surface area contributed by atoms with Gasteiger partial charge in [0.25, 0.3) is 0 Å². The van der Waals surface area contributed by atoms with Crippen LogP contribution in [-0.4, -0.2) is 11.8 Å². The first kappa shape index (κ1) is 19.9. The Balaban J connectivity index is 3.98. The van der Waals surface area contributed by atoms with Crippen molar-refractivity contribution in [2.24, 2.45) is 11.1 Å². The molecule has 0 atom stereocenters. The van der Waals surface area contributed by atoms with E-state index in [1.165, 1.54) is 24.0 Å². The Bertz CT molecular complexity index is 362. The molecule has 0 saturated carbocycles. The molecule has 0 saturated heterocycles. The summed E-state index contributed by atoms with van der Waals surface area (Å²) in [5, 5.41) is 4.13. The highest BCUT2D eigenvalue weighted by atomic mass is 16.6. The first-order valence-corrected chi connectivity index (χ1v) is 8.31. The van der Waals surface area contributed by atoms with Crippen molar-refractivity contribution in [1.29, 1.82) is 0 Å². The predicted molar refractivity (Wildman–Crippen MR) is 94.8 cm³/mol. The van der Waals surface area contributed by atoms with Crippen molar-refractivity contribution < 1.29 is 4.84 Å². The van der Waals surface area contributed by atoms with Gasteiger partial charge < -0.3 is 4.84 Å². The summed E-state index contributed by atoms with van der Waals surface area (Å²) in [4.78, 5) is 5.26. The minimum Gasteiger partial charge on any atom is -0.393 e. The molecule has 21 heavy (non-hydrogen) atoms. The summed E-state index contributed by atoms with van der Waals surface area (Å²) in [6, 6.07) is 0. The average molecular weight is 293 g/mol. The van der Waals surface area contributed by atoms with E-state index in [4.69, 9.17) is 4.84 Å². The van der Waals surface area contributed by atoms with Gasteiger partial charge >= 0.3 is 0 Å². The van der Waals surface area contributed by atoms with Crippen molar-refractivity contribution in [3.05, 3.63) is 23.3 Å². The van der Waals surface area contributed by atoms with E-state index in [1.54, 1.807) is 0 Å². The molecule has 0 N–H and O–H groups in total. The number of allylic oxidation sites excluding steroid dienone is 4. The summed E-state index contributed by atoms with van der Waals surface area (Å²) in [6.45, 7) is 15.0. The molecule has 0 aromatic carbocycles. The van der Waals surface area contributed by atoms with E-state index in [0.717, 1.165) is 30.9 Å². The molecule has 0 aliphatic carbocycles.